The van der Waals surface area contributed by atoms with Gasteiger partial charge >= 0.3 is 0 Å². The molecule has 0 atom stereocenters. The number of fused-ring (bicyclic) bond motifs is 2. The lowest BCUT2D eigenvalue weighted by molar-refractivity contribution is 0.439. The Morgan fingerprint density at radius 2 is 1.95 bits per heavy atom. The fraction of sp³-hybridized carbons (Fsp3) is 0.0667. The van der Waals surface area contributed by atoms with Crippen LogP contribution in [0.5, 0.6) is 0 Å². The average molecular weight is 300 g/mol. The summed E-state index contributed by atoms with van der Waals surface area (Å²) < 4.78 is 0. The van der Waals surface area contributed by atoms with Crippen molar-refractivity contribution in [2.24, 2.45) is 0 Å². The smallest absolute Gasteiger partial charge is 0.136 e. The van der Waals surface area contributed by atoms with Crippen LogP contribution in [0.25, 0.3) is 5.57 Å². The molecule has 0 unspecified atom stereocenters. The van der Waals surface area contributed by atoms with Crippen molar-refractivity contribution < 1.29 is 0 Å². The highest BCUT2D eigenvalue weighted by Gasteiger charge is 2.30. The van der Waals surface area contributed by atoms with Crippen molar-refractivity contribution in [3.8, 4) is 0 Å². The highest BCUT2D eigenvalue weighted by molar-refractivity contribution is 6.29. The first kappa shape index (κ1) is 12.4. The van der Waals surface area contributed by atoms with Crippen LogP contribution in [0.4, 0.5) is 0 Å². The quantitative estimate of drug-likeness (QED) is 0.780. The van der Waals surface area contributed by atoms with E-state index < -0.39 is 0 Å². The summed E-state index contributed by atoms with van der Waals surface area (Å²) in [5.41, 5.74) is 2.54. The van der Waals surface area contributed by atoms with Crippen molar-refractivity contribution in [3.05, 3.63) is 82.1 Å². The van der Waals surface area contributed by atoms with Crippen LogP contribution in [0.3, 0.4) is 0 Å². The average Bonchev–Trinajstić information content (AvgIpc) is 2.88. The zero-order valence-corrected chi connectivity index (χ0v) is 11.8. The van der Waals surface area contributed by atoms with Gasteiger partial charge in [-0.1, -0.05) is 48.0 Å². The molecule has 0 spiro atoms. The molecule has 6 heteroatoms. The van der Waals surface area contributed by atoms with E-state index in [1.54, 1.807) is 6.20 Å². The number of halogens is 1. The van der Waals surface area contributed by atoms with E-state index in [1.165, 1.54) is 6.20 Å². The first-order valence-corrected chi connectivity index (χ1v) is 6.98. The number of nitrogens with one attached hydrogen (secondary N) is 2. The van der Waals surface area contributed by atoms with Crippen molar-refractivity contribution in [1.29, 1.82) is 0 Å². The summed E-state index contributed by atoms with van der Waals surface area (Å²) in [7, 11) is 0. The Kier molecular flexibility index (Phi) is 2.70. The minimum absolute atomic E-state index is 0.487. The van der Waals surface area contributed by atoms with E-state index in [2.05, 4.69) is 10.6 Å². The zero-order chi connectivity index (χ0) is 14.4. The molecule has 0 aromatic heterocycles. The lowest BCUT2D eigenvalue weighted by Gasteiger charge is -2.42. The van der Waals surface area contributed by atoms with E-state index in [-0.39, 0.29) is 0 Å². The third-order valence-corrected chi connectivity index (χ3v) is 3.78. The van der Waals surface area contributed by atoms with Gasteiger partial charge in [0.05, 0.1) is 5.70 Å². The summed E-state index contributed by atoms with van der Waals surface area (Å²) in [6.45, 7) is 0.659. The van der Waals surface area contributed by atoms with Crippen molar-refractivity contribution in [2.45, 2.75) is 0 Å². The lowest BCUT2D eigenvalue weighted by atomic mass is 9.99. The van der Waals surface area contributed by atoms with Crippen LogP contribution in [0, 0.1) is 5.21 Å². The fourth-order valence-corrected chi connectivity index (χ4v) is 2.90. The van der Waals surface area contributed by atoms with Crippen LogP contribution in [-0.4, -0.2) is 16.5 Å². The predicted molar refractivity (Wildman–Crippen MR) is 81.6 cm³/mol. The number of hydroxylamine groups is 2. The molecule has 21 heavy (non-hydrogen) atoms. The summed E-state index contributed by atoms with van der Waals surface area (Å²) in [6.07, 6.45) is 5.28. The molecule has 0 fully saturated rings. The van der Waals surface area contributed by atoms with Gasteiger partial charge in [0.25, 0.3) is 0 Å². The molecule has 0 saturated heterocycles. The van der Waals surface area contributed by atoms with Crippen molar-refractivity contribution >= 4 is 17.2 Å². The Morgan fingerprint density at radius 3 is 2.76 bits per heavy atom. The maximum absolute atomic E-state index is 12.4. The summed E-state index contributed by atoms with van der Waals surface area (Å²) in [5.74, 6) is 1.39. The minimum Gasteiger partial charge on any atom is -0.754 e. The van der Waals surface area contributed by atoms with E-state index in [1.807, 2.05) is 41.3 Å². The first-order valence-electron chi connectivity index (χ1n) is 6.60. The number of benzene rings is 1. The van der Waals surface area contributed by atoms with Gasteiger partial charge < -0.3 is 20.9 Å². The van der Waals surface area contributed by atoms with Gasteiger partial charge in [-0.3, -0.25) is 4.90 Å². The molecule has 2 N–H and O–H groups in total. The molecule has 0 amide bonds. The number of allylic oxidation sites excluding steroid dienone is 1. The van der Waals surface area contributed by atoms with Crippen LogP contribution in [0.2, 0.25) is 0 Å². The Morgan fingerprint density at radius 1 is 1.14 bits per heavy atom. The van der Waals surface area contributed by atoms with Crippen molar-refractivity contribution in [1.82, 2.24) is 20.6 Å². The van der Waals surface area contributed by atoms with Crippen LogP contribution in [0.15, 0.2) is 71.3 Å². The SMILES string of the molecule is [O-]N1C=C2NC(Cl)=CN2C2=C1C(c1ccccc1)=CCN2. The summed E-state index contributed by atoms with van der Waals surface area (Å²) in [5, 5.41) is 20.0. The highest BCUT2D eigenvalue weighted by atomic mass is 35.5. The minimum atomic E-state index is 0.487. The molecule has 3 heterocycles. The van der Waals surface area contributed by atoms with Crippen molar-refractivity contribution in [3.63, 3.8) is 0 Å². The van der Waals surface area contributed by atoms with Crippen LogP contribution < -0.4 is 10.6 Å². The number of hydrogen-bond acceptors (Lipinski definition) is 5. The Labute approximate surface area is 127 Å². The molecule has 1 aromatic carbocycles. The number of hydrogen-bond donors (Lipinski definition) is 2. The maximum atomic E-state index is 12.4. The van der Waals surface area contributed by atoms with E-state index >= 15 is 0 Å². The first-order chi connectivity index (χ1) is 10.2. The van der Waals surface area contributed by atoms with Gasteiger partial charge in [-0.25, -0.2) is 0 Å². The molecule has 3 aliphatic heterocycles. The Balaban J connectivity index is 1.83. The van der Waals surface area contributed by atoms with Crippen molar-refractivity contribution in [2.75, 3.05) is 6.54 Å². The van der Waals surface area contributed by atoms with Gasteiger partial charge in [-0.15, -0.1) is 0 Å². The Bertz CT molecular complexity index is 720. The lowest BCUT2D eigenvalue weighted by Crippen LogP contribution is -2.39. The molecular weight excluding hydrogens is 288 g/mol. The van der Waals surface area contributed by atoms with Crippen LogP contribution in [0.1, 0.15) is 5.56 Å². The van der Waals surface area contributed by atoms with Gasteiger partial charge in [-0.05, 0) is 5.56 Å². The van der Waals surface area contributed by atoms with E-state index in [4.69, 9.17) is 11.6 Å². The monoisotopic (exact) mass is 299 g/mol. The molecule has 0 bridgehead atoms. The highest BCUT2D eigenvalue weighted by Crippen LogP contribution is 2.37. The molecule has 0 radical (unpaired) electrons. The Hall–Kier alpha value is -2.37. The number of nitrogens with zero attached hydrogens (tertiary/aromatic N) is 2. The molecule has 0 aliphatic carbocycles. The fourth-order valence-electron chi connectivity index (χ4n) is 2.71. The molecule has 4 rings (SSSR count). The molecule has 106 valence electrons. The number of rotatable bonds is 1. The third-order valence-electron chi connectivity index (χ3n) is 3.59. The van der Waals surface area contributed by atoms with Crippen LogP contribution >= 0.6 is 11.6 Å². The number of dihydropyridines is 1. The summed E-state index contributed by atoms with van der Waals surface area (Å²) in [4.78, 5) is 1.86. The largest absolute Gasteiger partial charge is 0.754 e. The zero-order valence-electron chi connectivity index (χ0n) is 11.0. The molecule has 0 saturated carbocycles. The molecule has 1 aromatic rings. The topological polar surface area (TPSA) is 53.6 Å². The summed E-state index contributed by atoms with van der Waals surface area (Å²) in [6, 6.07) is 9.89. The molecule has 3 aliphatic rings. The maximum Gasteiger partial charge on any atom is 0.136 e. The van der Waals surface area contributed by atoms with Gasteiger partial charge in [0.15, 0.2) is 0 Å². The second kappa shape index (κ2) is 4.58. The standard InChI is InChI=1S/C15H12ClN4O/c16-12-8-19-13(18-12)9-20(21)14-11(6-7-17-15(14)19)10-4-2-1-3-5-10/h1-6,8-9,17-18H,7H2/q-1. The van der Waals surface area contributed by atoms with Gasteiger partial charge in [0, 0.05) is 24.5 Å². The van der Waals surface area contributed by atoms with Gasteiger partial charge in [0.2, 0.25) is 0 Å². The van der Waals surface area contributed by atoms with Crippen LogP contribution in [-0.2, 0) is 0 Å². The van der Waals surface area contributed by atoms with E-state index in [0.29, 0.717) is 23.2 Å². The van der Waals surface area contributed by atoms with E-state index in [9.17, 15) is 5.21 Å². The third kappa shape index (κ3) is 1.90. The van der Waals surface area contributed by atoms with Gasteiger partial charge in [0.1, 0.15) is 16.8 Å². The summed E-state index contributed by atoms with van der Waals surface area (Å²) >= 11 is 6.00. The predicted octanol–water partition coefficient (Wildman–Crippen LogP) is 2.40. The normalized spacial score (nSPS) is 20.0. The second-order valence-electron chi connectivity index (χ2n) is 4.87. The van der Waals surface area contributed by atoms with Gasteiger partial charge in [-0.2, -0.15) is 0 Å². The molecular formula is C15H12ClN4O-. The molecule has 5 nitrogen and oxygen atoms in total. The van der Waals surface area contributed by atoms with E-state index in [0.717, 1.165) is 22.0 Å². The second-order valence-corrected chi connectivity index (χ2v) is 5.28.